The lowest BCUT2D eigenvalue weighted by molar-refractivity contribution is 1.17. The molecule has 0 radical (unpaired) electrons. The molecule has 0 atom stereocenters. The second-order valence-electron chi connectivity index (χ2n) is 3.45. The first-order chi connectivity index (χ1) is 6.18. The Bertz CT molecular complexity index is 380. The summed E-state index contributed by atoms with van der Waals surface area (Å²) < 4.78 is 1.14. The monoisotopic (exact) mass is 237 g/mol. The summed E-state index contributed by atoms with van der Waals surface area (Å²) in [6.45, 7) is 5.33. The van der Waals surface area contributed by atoms with Gasteiger partial charge in [-0.2, -0.15) is 0 Å². The summed E-state index contributed by atoms with van der Waals surface area (Å²) in [5, 5.41) is 3.39. The molecule has 1 N–H and O–H groups in total. The van der Waals surface area contributed by atoms with Crippen LogP contribution in [0.15, 0.2) is 28.2 Å². The minimum absolute atomic E-state index is 0.973. The lowest BCUT2D eigenvalue weighted by atomic mass is 9.97. The average Bonchev–Trinajstić information content (AvgIpc) is 2.12. The molecule has 1 aliphatic heterocycles. The van der Waals surface area contributed by atoms with Crippen LogP contribution in [0, 0.1) is 0 Å². The number of benzene rings is 1. The Morgan fingerprint density at radius 2 is 2.08 bits per heavy atom. The molecule has 0 aliphatic carbocycles. The molecular weight excluding hydrogens is 226 g/mol. The van der Waals surface area contributed by atoms with E-state index in [0.29, 0.717) is 0 Å². The summed E-state index contributed by atoms with van der Waals surface area (Å²) in [5.41, 5.74) is 5.38. The van der Waals surface area contributed by atoms with Crippen LogP contribution >= 0.6 is 15.9 Å². The van der Waals surface area contributed by atoms with Crippen molar-refractivity contribution in [1.29, 1.82) is 0 Å². The van der Waals surface area contributed by atoms with Crippen molar-refractivity contribution in [3.63, 3.8) is 0 Å². The second-order valence-corrected chi connectivity index (χ2v) is 4.36. The Labute approximate surface area is 87.0 Å². The summed E-state index contributed by atoms with van der Waals surface area (Å²) in [6.07, 6.45) is 0. The van der Waals surface area contributed by atoms with Crippen molar-refractivity contribution in [2.24, 2.45) is 0 Å². The summed E-state index contributed by atoms with van der Waals surface area (Å²) >= 11 is 3.49. The van der Waals surface area contributed by atoms with Gasteiger partial charge in [-0.25, -0.2) is 0 Å². The third kappa shape index (κ3) is 1.51. The molecule has 2 heteroatoms. The largest absolute Gasteiger partial charge is 0.381 e. The van der Waals surface area contributed by atoms with Gasteiger partial charge < -0.3 is 5.32 Å². The number of hydrogen-bond acceptors (Lipinski definition) is 1. The van der Waals surface area contributed by atoms with Crippen LogP contribution in [-0.2, 0) is 0 Å². The first-order valence-electron chi connectivity index (χ1n) is 4.38. The van der Waals surface area contributed by atoms with Gasteiger partial charge >= 0.3 is 0 Å². The maximum absolute atomic E-state index is 3.49. The Morgan fingerprint density at radius 3 is 2.85 bits per heavy atom. The Kier molecular flexibility index (Phi) is 2.16. The summed E-state index contributed by atoms with van der Waals surface area (Å²) in [4.78, 5) is 0. The molecule has 1 aromatic carbocycles. The molecule has 0 bridgehead atoms. The van der Waals surface area contributed by atoms with E-state index >= 15 is 0 Å². The van der Waals surface area contributed by atoms with Crippen molar-refractivity contribution >= 4 is 27.2 Å². The van der Waals surface area contributed by atoms with Crippen LogP contribution in [0.25, 0.3) is 5.57 Å². The SMILES string of the molecule is CC1=C(C)c2cc(Br)ccc2NC1. The molecule has 1 heterocycles. The van der Waals surface area contributed by atoms with Crippen LogP contribution in [-0.4, -0.2) is 6.54 Å². The smallest absolute Gasteiger partial charge is 0.0419 e. The quantitative estimate of drug-likeness (QED) is 0.727. The van der Waals surface area contributed by atoms with Crippen molar-refractivity contribution in [2.45, 2.75) is 13.8 Å². The zero-order chi connectivity index (χ0) is 9.42. The first-order valence-corrected chi connectivity index (χ1v) is 5.18. The van der Waals surface area contributed by atoms with E-state index in [1.807, 2.05) is 0 Å². The van der Waals surface area contributed by atoms with Gasteiger partial charge in [-0.05, 0) is 37.6 Å². The highest BCUT2D eigenvalue weighted by atomic mass is 79.9. The lowest BCUT2D eigenvalue weighted by Crippen LogP contribution is -2.11. The van der Waals surface area contributed by atoms with E-state index < -0.39 is 0 Å². The van der Waals surface area contributed by atoms with Crippen LogP contribution in [0.3, 0.4) is 0 Å². The molecule has 68 valence electrons. The molecule has 0 saturated carbocycles. The fourth-order valence-corrected chi connectivity index (χ4v) is 1.93. The number of fused-ring (bicyclic) bond motifs is 1. The second kappa shape index (κ2) is 3.18. The van der Waals surface area contributed by atoms with Gasteiger partial charge in [0, 0.05) is 22.3 Å². The lowest BCUT2D eigenvalue weighted by Gasteiger charge is -2.21. The average molecular weight is 238 g/mol. The van der Waals surface area contributed by atoms with Gasteiger partial charge in [0.05, 0.1) is 0 Å². The predicted molar refractivity (Wildman–Crippen MR) is 60.9 cm³/mol. The van der Waals surface area contributed by atoms with E-state index in [1.54, 1.807) is 0 Å². The molecular formula is C11H12BrN. The fraction of sp³-hybridized carbons (Fsp3) is 0.273. The summed E-state index contributed by atoms with van der Waals surface area (Å²) in [5.74, 6) is 0. The van der Waals surface area contributed by atoms with Crippen LogP contribution in [0.1, 0.15) is 19.4 Å². The molecule has 1 nitrogen and oxygen atoms in total. The van der Waals surface area contributed by atoms with Crippen LogP contribution in [0.4, 0.5) is 5.69 Å². The van der Waals surface area contributed by atoms with Crippen molar-refractivity contribution < 1.29 is 0 Å². The van der Waals surface area contributed by atoms with E-state index in [4.69, 9.17) is 0 Å². The van der Waals surface area contributed by atoms with E-state index in [2.05, 4.69) is 53.3 Å². The van der Waals surface area contributed by atoms with Gasteiger partial charge in [0.15, 0.2) is 0 Å². The van der Waals surface area contributed by atoms with Crippen molar-refractivity contribution in [3.05, 3.63) is 33.8 Å². The van der Waals surface area contributed by atoms with E-state index in [0.717, 1.165) is 11.0 Å². The number of anilines is 1. The van der Waals surface area contributed by atoms with Gasteiger partial charge in [-0.15, -0.1) is 0 Å². The van der Waals surface area contributed by atoms with Gasteiger partial charge in [0.1, 0.15) is 0 Å². The number of hydrogen-bond donors (Lipinski definition) is 1. The van der Waals surface area contributed by atoms with Gasteiger partial charge in [0.25, 0.3) is 0 Å². The van der Waals surface area contributed by atoms with E-state index in [9.17, 15) is 0 Å². The maximum atomic E-state index is 3.49. The maximum Gasteiger partial charge on any atom is 0.0419 e. The molecule has 2 rings (SSSR count). The minimum Gasteiger partial charge on any atom is -0.381 e. The Hall–Kier alpha value is -0.760. The molecule has 13 heavy (non-hydrogen) atoms. The van der Waals surface area contributed by atoms with E-state index in [1.165, 1.54) is 22.4 Å². The molecule has 1 aromatic rings. The Morgan fingerprint density at radius 1 is 1.31 bits per heavy atom. The van der Waals surface area contributed by atoms with Crippen LogP contribution in [0.5, 0.6) is 0 Å². The van der Waals surface area contributed by atoms with Crippen molar-refractivity contribution in [2.75, 3.05) is 11.9 Å². The van der Waals surface area contributed by atoms with E-state index in [-0.39, 0.29) is 0 Å². The normalized spacial score (nSPS) is 15.3. The standard InChI is InChI=1S/C11H12BrN/c1-7-6-13-11-4-3-9(12)5-10(11)8(7)2/h3-5,13H,6H2,1-2H3. The van der Waals surface area contributed by atoms with Gasteiger partial charge in [0.2, 0.25) is 0 Å². The fourth-order valence-electron chi connectivity index (χ4n) is 1.57. The number of nitrogens with one attached hydrogen (secondary N) is 1. The third-order valence-corrected chi connectivity index (χ3v) is 3.06. The van der Waals surface area contributed by atoms with Gasteiger partial charge in [-0.3, -0.25) is 0 Å². The van der Waals surface area contributed by atoms with Crippen molar-refractivity contribution in [3.8, 4) is 0 Å². The highest BCUT2D eigenvalue weighted by molar-refractivity contribution is 9.10. The predicted octanol–water partition coefficient (Wildman–Crippen LogP) is 3.67. The van der Waals surface area contributed by atoms with Gasteiger partial charge in [-0.1, -0.05) is 21.5 Å². The topological polar surface area (TPSA) is 12.0 Å². The number of rotatable bonds is 0. The summed E-state index contributed by atoms with van der Waals surface area (Å²) in [7, 11) is 0. The minimum atomic E-state index is 0.973. The zero-order valence-electron chi connectivity index (χ0n) is 7.82. The molecule has 0 amide bonds. The van der Waals surface area contributed by atoms with Crippen molar-refractivity contribution in [1.82, 2.24) is 0 Å². The highest BCUT2D eigenvalue weighted by Crippen LogP contribution is 2.32. The number of halogens is 1. The molecule has 0 unspecified atom stereocenters. The third-order valence-electron chi connectivity index (χ3n) is 2.57. The molecule has 0 fully saturated rings. The first kappa shape index (κ1) is 8.82. The number of allylic oxidation sites excluding steroid dienone is 1. The molecule has 0 saturated heterocycles. The molecule has 0 spiro atoms. The highest BCUT2D eigenvalue weighted by Gasteiger charge is 2.12. The van der Waals surface area contributed by atoms with Crippen LogP contribution in [0.2, 0.25) is 0 Å². The molecule has 1 aliphatic rings. The Balaban J connectivity index is 2.60. The summed E-state index contributed by atoms with van der Waals surface area (Å²) in [6, 6.07) is 6.36. The molecule has 0 aromatic heterocycles. The van der Waals surface area contributed by atoms with Crippen LogP contribution < -0.4 is 5.32 Å². The zero-order valence-corrected chi connectivity index (χ0v) is 9.40.